The van der Waals surface area contributed by atoms with Gasteiger partial charge in [-0.15, -0.1) is 0 Å². The Kier molecular flexibility index (Phi) is 5.27. The van der Waals surface area contributed by atoms with Gasteiger partial charge in [-0.3, -0.25) is 9.59 Å². The van der Waals surface area contributed by atoms with Crippen LogP contribution < -0.4 is 21.7 Å². The summed E-state index contributed by atoms with van der Waals surface area (Å²) in [5.41, 5.74) is 12.0. The maximum atomic E-state index is 14.5. The second kappa shape index (κ2) is 7.89. The van der Waals surface area contributed by atoms with Gasteiger partial charge in [0.25, 0.3) is 11.8 Å². The lowest BCUT2D eigenvalue weighted by atomic mass is 9.96. The first-order valence-electron chi connectivity index (χ1n) is 10.1. The molecule has 2 atom stereocenters. The molecule has 2 aromatic rings. The summed E-state index contributed by atoms with van der Waals surface area (Å²) in [7, 11) is 0. The van der Waals surface area contributed by atoms with Crippen molar-refractivity contribution in [3.05, 3.63) is 47.0 Å². The number of nitrogen functional groups attached to an aromatic ring is 1. The Morgan fingerprint density at radius 3 is 2.67 bits per heavy atom. The summed E-state index contributed by atoms with van der Waals surface area (Å²) in [4.78, 5) is 34.3. The highest BCUT2D eigenvalue weighted by Crippen LogP contribution is 2.40. The fraction of sp³-hybridized carbons (Fsp3) is 0.429. The van der Waals surface area contributed by atoms with Crippen molar-refractivity contribution < 1.29 is 14.0 Å². The molecule has 2 fully saturated rings. The number of carbonyl (C=O) groups is 2. The van der Waals surface area contributed by atoms with Crippen molar-refractivity contribution in [1.82, 2.24) is 15.3 Å². The molecule has 0 unspecified atom stereocenters. The number of halogens is 1. The van der Waals surface area contributed by atoms with Gasteiger partial charge in [0.1, 0.15) is 11.6 Å². The third kappa shape index (κ3) is 3.92. The minimum absolute atomic E-state index is 0.0313. The zero-order valence-electron chi connectivity index (χ0n) is 16.8. The zero-order valence-corrected chi connectivity index (χ0v) is 16.8. The second-order valence-electron chi connectivity index (χ2n) is 8.00. The van der Waals surface area contributed by atoms with E-state index < -0.39 is 17.6 Å². The van der Waals surface area contributed by atoms with Crippen molar-refractivity contribution in [2.45, 2.75) is 50.6 Å². The number of rotatable bonds is 5. The fourth-order valence-electron chi connectivity index (χ4n) is 4.01. The summed E-state index contributed by atoms with van der Waals surface area (Å²) in [5.74, 6) is -0.752. The van der Waals surface area contributed by atoms with E-state index >= 15 is 0 Å². The van der Waals surface area contributed by atoms with Crippen LogP contribution in [-0.2, 0) is 0 Å². The summed E-state index contributed by atoms with van der Waals surface area (Å²) in [6.45, 7) is 2.65. The number of nitrogens with two attached hydrogens (primary N) is 2. The molecule has 2 aliphatic rings. The van der Waals surface area contributed by atoms with Crippen LogP contribution in [0.15, 0.2) is 24.4 Å². The number of primary amides is 1. The van der Waals surface area contributed by atoms with Gasteiger partial charge in [0, 0.05) is 18.6 Å². The third-order valence-corrected chi connectivity index (χ3v) is 5.91. The normalized spacial score (nSPS) is 21.3. The summed E-state index contributed by atoms with van der Waals surface area (Å²) < 4.78 is 14.5. The van der Waals surface area contributed by atoms with Crippen LogP contribution in [0, 0.1) is 5.82 Å². The number of nitrogens with one attached hydrogen (secondary N) is 1. The van der Waals surface area contributed by atoms with Gasteiger partial charge in [-0.2, -0.15) is 0 Å². The Bertz CT molecular complexity index is 993. The van der Waals surface area contributed by atoms with Gasteiger partial charge >= 0.3 is 0 Å². The maximum Gasteiger partial charge on any atom is 0.271 e. The molecule has 0 spiro atoms. The molecule has 9 heteroatoms. The van der Waals surface area contributed by atoms with E-state index in [2.05, 4.69) is 15.3 Å². The van der Waals surface area contributed by atoms with E-state index in [9.17, 15) is 14.0 Å². The molecule has 1 saturated heterocycles. The lowest BCUT2D eigenvalue weighted by Gasteiger charge is -2.40. The topological polar surface area (TPSA) is 127 Å². The molecule has 5 N–H and O–H groups in total. The highest BCUT2D eigenvalue weighted by atomic mass is 19.1. The van der Waals surface area contributed by atoms with Crippen molar-refractivity contribution in [2.75, 3.05) is 17.2 Å². The van der Waals surface area contributed by atoms with Crippen LogP contribution in [0.25, 0.3) is 0 Å². The van der Waals surface area contributed by atoms with Gasteiger partial charge in [-0.05, 0) is 56.2 Å². The number of anilines is 2. The second-order valence-corrected chi connectivity index (χ2v) is 8.00. The largest absolute Gasteiger partial charge is 0.382 e. The summed E-state index contributed by atoms with van der Waals surface area (Å²) in [6.07, 6.45) is 5.17. The average Bonchev–Trinajstić information content (AvgIpc) is 3.54. The van der Waals surface area contributed by atoms with E-state index in [0.717, 1.165) is 31.2 Å². The molecular weight excluding hydrogens is 387 g/mol. The molecule has 8 nitrogen and oxygen atoms in total. The summed E-state index contributed by atoms with van der Waals surface area (Å²) >= 11 is 0. The van der Waals surface area contributed by atoms with Crippen molar-refractivity contribution in [3.8, 4) is 0 Å². The first kappa shape index (κ1) is 20.1. The number of amides is 2. The van der Waals surface area contributed by atoms with Gasteiger partial charge < -0.3 is 21.7 Å². The van der Waals surface area contributed by atoms with Crippen LogP contribution in [0.1, 0.15) is 64.9 Å². The van der Waals surface area contributed by atoms with Gasteiger partial charge in [-0.25, -0.2) is 14.4 Å². The highest BCUT2D eigenvalue weighted by molar-refractivity contribution is 5.95. The van der Waals surface area contributed by atoms with Crippen LogP contribution in [0.4, 0.5) is 16.0 Å². The van der Waals surface area contributed by atoms with Gasteiger partial charge in [0.05, 0.1) is 11.8 Å². The number of hydrogen-bond donors (Lipinski definition) is 3. The van der Waals surface area contributed by atoms with E-state index in [0.29, 0.717) is 18.3 Å². The first-order chi connectivity index (χ1) is 14.3. The molecule has 0 bridgehead atoms. The molecule has 2 amide bonds. The van der Waals surface area contributed by atoms with E-state index in [-0.39, 0.29) is 29.2 Å². The van der Waals surface area contributed by atoms with Gasteiger partial charge in [0.2, 0.25) is 0 Å². The van der Waals surface area contributed by atoms with Crippen LogP contribution in [0.3, 0.4) is 0 Å². The van der Waals surface area contributed by atoms with E-state index in [1.165, 1.54) is 12.3 Å². The predicted molar refractivity (Wildman–Crippen MR) is 111 cm³/mol. The molecular formula is C21H25FN6O2. The Morgan fingerprint density at radius 1 is 1.27 bits per heavy atom. The lowest BCUT2D eigenvalue weighted by molar-refractivity contribution is 0.0919. The van der Waals surface area contributed by atoms with E-state index in [1.807, 2.05) is 17.9 Å². The van der Waals surface area contributed by atoms with Crippen molar-refractivity contribution in [2.24, 2.45) is 5.73 Å². The minimum atomic E-state index is -0.738. The summed E-state index contributed by atoms with van der Waals surface area (Å²) in [5, 5.41) is 2.96. The monoisotopic (exact) mass is 412 g/mol. The van der Waals surface area contributed by atoms with Gasteiger partial charge in [-0.1, -0.05) is 6.07 Å². The van der Waals surface area contributed by atoms with Crippen LogP contribution in [-0.4, -0.2) is 40.4 Å². The SMILES string of the molecule is C[C@@H]1[C@H](NC(=O)c2ccc(C3CC3)cc2F)CCCN1c1cnc(C(N)=O)c(N)n1. The molecule has 2 heterocycles. The molecule has 1 aromatic heterocycles. The molecule has 158 valence electrons. The summed E-state index contributed by atoms with van der Waals surface area (Å²) in [6, 6.07) is 4.56. The molecule has 0 radical (unpaired) electrons. The van der Waals surface area contributed by atoms with Crippen molar-refractivity contribution in [3.63, 3.8) is 0 Å². The zero-order chi connectivity index (χ0) is 21.4. The number of benzene rings is 1. The Morgan fingerprint density at radius 2 is 2.03 bits per heavy atom. The smallest absolute Gasteiger partial charge is 0.271 e. The standard InChI is InChI=1S/C21H25FN6O2/c1-11-16(26-21(30)14-7-6-13(9-15(14)22)12-4-5-12)3-2-8-28(11)17-10-25-18(20(24)29)19(23)27-17/h6-7,9-12,16H,2-5,8H2,1H3,(H2,23,27)(H2,24,29)(H,26,30)/t11-,16-/m1/s1. The number of carbonyl (C=O) groups excluding carboxylic acids is 2. The average molecular weight is 412 g/mol. The first-order valence-corrected chi connectivity index (χ1v) is 10.1. The predicted octanol–water partition coefficient (Wildman–Crippen LogP) is 1.96. The quantitative estimate of drug-likeness (QED) is 0.689. The molecule has 1 saturated carbocycles. The minimum Gasteiger partial charge on any atom is -0.382 e. The van der Waals surface area contributed by atoms with Crippen molar-refractivity contribution in [1.29, 1.82) is 0 Å². The molecule has 4 rings (SSSR count). The maximum absolute atomic E-state index is 14.5. The third-order valence-electron chi connectivity index (χ3n) is 5.91. The van der Waals surface area contributed by atoms with Crippen LogP contribution in [0.2, 0.25) is 0 Å². The molecule has 1 aromatic carbocycles. The molecule has 1 aliphatic heterocycles. The Balaban J connectivity index is 1.48. The lowest BCUT2D eigenvalue weighted by Crippen LogP contribution is -2.54. The molecule has 1 aliphatic carbocycles. The Labute approximate surface area is 173 Å². The van der Waals surface area contributed by atoms with Gasteiger partial charge in [0.15, 0.2) is 11.5 Å². The number of aromatic nitrogens is 2. The van der Waals surface area contributed by atoms with E-state index in [4.69, 9.17) is 11.5 Å². The molecule has 30 heavy (non-hydrogen) atoms. The number of hydrogen-bond acceptors (Lipinski definition) is 6. The van der Waals surface area contributed by atoms with E-state index in [1.54, 1.807) is 6.07 Å². The van der Waals surface area contributed by atoms with Crippen LogP contribution >= 0.6 is 0 Å². The number of piperidine rings is 1. The Hall–Kier alpha value is -3.23. The highest BCUT2D eigenvalue weighted by Gasteiger charge is 2.32. The number of nitrogens with zero attached hydrogens (tertiary/aromatic N) is 3. The fourth-order valence-corrected chi connectivity index (χ4v) is 4.01. The van der Waals surface area contributed by atoms with Crippen molar-refractivity contribution >= 4 is 23.5 Å². The van der Waals surface area contributed by atoms with Crippen LogP contribution in [0.5, 0.6) is 0 Å².